The molecule has 0 saturated heterocycles. The Morgan fingerprint density at radius 2 is 2.08 bits per heavy atom. The highest BCUT2D eigenvalue weighted by Crippen LogP contribution is 2.39. The van der Waals surface area contributed by atoms with Crippen LogP contribution in [0.2, 0.25) is 0 Å². The number of rotatable bonds is 4. The number of hydrogen-bond acceptors (Lipinski definition) is 3. The van der Waals surface area contributed by atoms with Gasteiger partial charge in [-0.2, -0.15) is 0 Å². The molecule has 5 heteroatoms. The SMILES string of the molecule is CCOc1cccc(NC(=S)NC2CC(C)(C)Oc3cc(C)ccc32)c1. The van der Waals surface area contributed by atoms with Gasteiger partial charge in [0, 0.05) is 23.7 Å². The molecule has 1 heterocycles. The van der Waals surface area contributed by atoms with Crippen LogP contribution in [0.4, 0.5) is 5.69 Å². The van der Waals surface area contributed by atoms with Gasteiger partial charge in [-0.25, -0.2) is 0 Å². The highest BCUT2D eigenvalue weighted by Gasteiger charge is 2.34. The van der Waals surface area contributed by atoms with Crippen LogP contribution in [0.3, 0.4) is 0 Å². The average Bonchev–Trinajstić information content (AvgIpc) is 2.53. The van der Waals surface area contributed by atoms with Gasteiger partial charge in [0.25, 0.3) is 0 Å². The van der Waals surface area contributed by atoms with Crippen LogP contribution in [-0.2, 0) is 0 Å². The van der Waals surface area contributed by atoms with Crippen LogP contribution in [-0.4, -0.2) is 17.3 Å². The molecule has 2 aromatic carbocycles. The van der Waals surface area contributed by atoms with Gasteiger partial charge in [0.15, 0.2) is 5.11 Å². The second kappa shape index (κ2) is 7.54. The molecule has 4 nitrogen and oxygen atoms in total. The van der Waals surface area contributed by atoms with E-state index in [9.17, 15) is 0 Å². The van der Waals surface area contributed by atoms with Crippen molar-refractivity contribution >= 4 is 23.0 Å². The quantitative estimate of drug-likeness (QED) is 0.743. The minimum absolute atomic E-state index is 0.101. The lowest BCUT2D eigenvalue weighted by molar-refractivity contribution is 0.0696. The third-order valence-corrected chi connectivity index (χ3v) is 4.55. The molecular weight excluding hydrogens is 344 g/mol. The maximum atomic E-state index is 6.15. The normalized spacial score (nSPS) is 17.6. The number of aryl methyl sites for hydroxylation is 1. The number of fused-ring (bicyclic) bond motifs is 1. The number of ether oxygens (including phenoxy) is 2. The number of anilines is 1. The summed E-state index contributed by atoms with van der Waals surface area (Å²) in [4.78, 5) is 0. The summed E-state index contributed by atoms with van der Waals surface area (Å²) in [5.41, 5.74) is 2.99. The van der Waals surface area contributed by atoms with Crippen molar-refractivity contribution in [2.75, 3.05) is 11.9 Å². The van der Waals surface area contributed by atoms with Crippen LogP contribution in [0.15, 0.2) is 42.5 Å². The Morgan fingerprint density at radius 3 is 2.85 bits per heavy atom. The third kappa shape index (κ3) is 4.47. The first-order chi connectivity index (χ1) is 12.4. The molecule has 1 aliphatic rings. The summed E-state index contributed by atoms with van der Waals surface area (Å²) in [6.45, 7) is 8.90. The zero-order valence-corrected chi connectivity index (χ0v) is 16.6. The Bertz CT molecular complexity index is 804. The Kier molecular flexibility index (Phi) is 5.37. The Morgan fingerprint density at radius 1 is 1.27 bits per heavy atom. The van der Waals surface area contributed by atoms with Crippen molar-refractivity contribution in [3.8, 4) is 11.5 Å². The zero-order chi connectivity index (χ0) is 18.7. The van der Waals surface area contributed by atoms with Crippen molar-refractivity contribution in [2.45, 2.75) is 45.8 Å². The molecule has 138 valence electrons. The van der Waals surface area contributed by atoms with Crippen LogP contribution in [0.1, 0.15) is 44.4 Å². The summed E-state index contributed by atoms with van der Waals surface area (Å²) in [6.07, 6.45) is 0.837. The first-order valence-corrected chi connectivity index (χ1v) is 9.37. The van der Waals surface area contributed by atoms with E-state index in [0.29, 0.717) is 11.7 Å². The number of nitrogens with one attached hydrogen (secondary N) is 2. The van der Waals surface area contributed by atoms with E-state index < -0.39 is 0 Å². The van der Waals surface area contributed by atoms with Crippen molar-refractivity contribution in [3.63, 3.8) is 0 Å². The van der Waals surface area contributed by atoms with Gasteiger partial charge in [0.2, 0.25) is 0 Å². The molecule has 0 radical (unpaired) electrons. The number of thiocarbonyl (C=S) groups is 1. The van der Waals surface area contributed by atoms with Crippen molar-refractivity contribution in [3.05, 3.63) is 53.6 Å². The second-order valence-corrected chi connectivity index (χ2v) is 7.63. The lowest BCUT2D eigenvalue weighted by Crippen LogP contribution is -2.42. The fourth-order valence-corrected chi connectivity index (χ4v) is 3.50. The summed E-state index contributed by atoms with van der Waals surface area (Å²) in [7, 11) is 0. The van der Waals surface area contributed by atoms with Gasteiger partial charge in [-0.15, -0.1) is 0 Å². The maximum Gasteiger partial charge on any atom is 0.171 e. The predicted octanol–water partition coefficient (Wildman–Crippen LogP) is 4.98. The van der Waals surface area contributed by atoms with Crippen LogP contribution in [0.25, 0.3) is 0 Å². The second-order valence-electron chi connectivity index (χ2n) is 7.22. The molecule has 1 atom stereocenters. The molecule has 1 unspecified atom stereocenters. The number of hydrogen-bond donors (Lipinski definition) is 2. The summed E-state index contributed by atoms with van der Waals surface area (Å²) in [5, 5.41) is 7.30. The summed E-state index contributed by atoms with van der Waals surface area (Å²) in [5.74, 6) is 1.76. The lowest BCUT2D eigenvalue weighted by atomic mass is 9.89. The van der Waals surface area contributed by atoms with E-state index in [1.807, 2.05) is 31.2 Å². The standard InChI is InChI=1S/C21H26N2O2S/c1-5-24-16-8-6-7-15(12-16)22-20(26)23-18-13-21(3,4)25-19-11-14(2)9-10-17(18)19/h6-12,18H,5,13H2,1-4H3,(H2,22,23,26). The Labute approximate surface area is 160 Å². The molecule has 0 bridgehead atoms. The smallest absolute Gasteiger partial charge is 0.171 e. The van der Waals surface area contributed by atoms with E-state index in [2.05, 4.69) is 49.6 Å². The van der Waals surface area contributed by atoms with Gasteiger partial charge >= 0.3 is 0 Å². The van der Waals surface area contributed by atoms with Crippen LogP contribution in [0.5, 0.6) is 11.5 Å². The Hall–Kier alpha value is -2.27. The molecule has 0 aliphatic carbocycles. The molecule has 0 amide bonds. The van der Waals surface area contributed by atoms with E-state index >= 15 is 0 Å². The summed E-state index contributed by atoms with van der Waals surface area (Å²) < 4.78 is 11.7. The zero-order valence-electron chi connectivity index (χ0n) is 15.8. The van der Waals surface area contributed by atoms with Gasteiger partial charge in [-0.3, -0.25) is 0 Å². The van der Waals surface area contributed by atoms with Crippen LogP contribution < -0.4 is 20.1 Å². The van der Waals surface area contributed by atoms with Gasteiger partial charge < -0.3 is 20.1 Å². The Balaban J connectivity index is 1.74. The highest BCUT2D eigenvalue weighted by atomic mass is 32.1. The predicted molar refractivity (Wildman–Crippen MR) is 110 cm³/mol. The van der Waals surface area contributed by atoms with E-state index in [4.69, 9.17) is 21.7 Å². The van der Waals surface area contributed by atoms with Gasteiger partial charge in [0.05, 0.1) is 12.6 Å². The largest absolute Gasteiger partial charge is 0.494 e. The van der Waals surface area contributed by atoms with Crippen molar-refractivity contribution in [1.29, 1.82) is 0 Å². The van der Waals surface area contributed by atoms with Crippen molar-refractivity contribution in [2.24, 2.45) is 0 Å². The molecule has 26 heavy (non-hydrogen) atoms. The van der Waals surface area contributed by atoms with Crippen molar-refractivity contribution < 1.29 is 9.47 Å². The molecule has 0 fully saturated rings. The molecule has 0 saturated carbocycles. The molecule has 0 aromatic heterocycles. The van der Waals surface area contributed by atoms with E-state index in [1.165, 1.54) is 5.56 Å². The van der Waals surface area contributed by atoms with E-state index in [1.54, 1.807) is 0 Å². The van der Waals surface area contributed by atoms with Crippen LogP contribution in [0, 0.1) is 6.92 Å². The number of benzene rings is 2. The first kappa shape index (κ1) is 18.5. The molecule has 0 spiro atoms. The minimum atomic E-state index is -0.247. The fourth-order valence-electron chi connectivity index (χ4n) is 3.24. The van der Waals surface area contributed by atoms with E-state index in [0.717, 1.165) is 29.2 Å². The van der Waals surface area contributed by atoms with Gasteiger partial charge in [0.1, 0.15) is 17.1 Å². The first-order valence-electron chi connectivity index (χ1n) is 8.96. The van der Waals surface area contributed by atoms with Gasteiger partial charge in [-0.1, -0.05) is 18.2 Å². The topological polar surface area (TPSA) is 42.5 Å². The van der Waals surface area contributed by atoms with Crippen LogP contribution >= 0.6 is 12.2 Å². The van der Waals surface area contributed by atoms with Gasteiger partial charge in [-0.05, 0) is 63.7 Å². The third-order valence-electron chi connectivity index (χ3n) is 4.33. The monoisotopic (exact) mass is 370 g/mol. The molecule has 3 rings (SSSR count). The maximum absolute atomic E-state index is 6.15. The summed E-state index contributed by atoms with van der Waals surface area (Å²) in [6, 6.07) is 14.2. The fraction of sp³-hybridized carbons (Fsp3) is 0.381. The van der Waals surface area contributed by atoms with Crippen molar-refractivity contribution in [1.82, 2.24) is 5.32 Å². The molecular formula is C21H26N2O2S. The van der Waals surface area contributed by atoms with E-state index in [-0.39, 0.29) is 11.6 Å². The highest BCUT2D eigenvalue weighted by molar-refractivity contribution is 7.80. The lowest BCUT2D eigenvalue weighted by Gasteiger charge is -2.38. The molecule has 1 aliphatic heterocycles. The summed E-state index contributed by atoms with van der Waals surface area (Å²) >= 11 is 5.55. The molecule has 2 N–H and O–H groups in total. The molecule has 2 aromatic rings. The minimum Gasteiger partial charge on any atom is -0.494 e. The average molecular weight is 371 g/mol.